The summed E-state index contributed by atoms with van der Waals surface area (Å²) in [6.07, 6.45) is 5.33. The summed E-state index contributed by atoms with van der Waals surface area (Å²) in [5, 5.41) is 33.0. The van der Waals surface area contributed by atoms with Crippen molar-refractivity contribution in [1.29, 1.82) is 0 Å². The Balaban J connectivity index is 1.01. The molecule has 2 amide bonds. The fraction of sp³-hybridized carbons (Fsp3) is 0.231. The second kappa shape index (κ2) is 12.9. The number of carbonyl (C=O) groups is 2. The Morgan fingerprint density at radius 3 is 1.95 bits per heavy atom. The lowest BCUT2D eigenvalue weighted by molar-refractivity contribution is -0.117. The molecule has 0 saturated heterocycles. The van der Waals surface area contributed by atoms with Gasteiger partial charge < -0.3 is 5.32 Å². The van der Waals surface area contributed by atoms with E-state index in [1.807, 2.05) is 60.7 Å². The summed E-state index contributed by atoms with van der Waals surface area (Å²) in [6, 6.07) is 19.2. The smallest absolute Gasteiger partial charge is 0.247 e. The van der Waals surface area contributed by atoms with Gasteiger partial charge in [-0.05, 0) is 18.4 Å². The van der Waals surface area contributed by atoms with Gasteiger partial charge in [-0.25, -0.2) is 4.68 Å². The van der Waals surface area contributed by atoms with Crippen LogP contribution in [0.2, 0.25) is 0 Å². The molecule has 3 aromatic heterocycles. The first kappa shape index (κ1) is 26.3. The van der Waals surface area contributed by atoms with E-state index < -0.39 is 0 Å². The minimum absolute atomic E-state index is 0.0330. The SMILES string of the molecule is O=C(Cc1ccccc1)Nc1nnc(CCCCc2nnc(NC(=O)Cn3cc(-c4ccccc4)nn3)s2)s1. The van der Waals surface area contributed by atoms with Crippen molar-refractivity contribution in [2.24, 2.45) is 0 Å². The molecule has 3 heterocycles. The van der Waals surface area contributed by atoms with Crippen molar-refractivity contribution < 1.29 is 9.59 Å². The van der Waals surface area contributed by atoms with Crippen molar-refractivity contribution in [3.05, 3.63) is 82.4 Å². The molecule has 5 aromatic rings. The lowest BCUT2D eigenvalue weighted by Gasteiger charge is -2.00. The fourth-order valence-electron chi connectivity index (χ4n) is 3.73. The van der Waals surface area contributed by atoms with Gasteiger partial charge in [0.15, 0.2) is 0 Å². The van der Waals surface area contributed by atoms with Gasteiger partial charge >= 0.3 is 0 Å². The lowest BCUT2D eigenvalue weighted by atomic mass is 10.1. The van der Waals surface area contributed by atoms with Gasteiger partial charge in [-0.3, -0.25) is 14.9 Å². The minimum atomic E-state index is -0.245. The lowest BCUT2D eigenvalue weighted by Crippen LogP contribution is -2.19. The number of hydrogen-bond donors (Lipinski definition) is 2. The number of carbonyl (C=O) groups excluding carboxylic acids is 2. The first-order chi connectivity index (χ1) is 19.1. The van der Waals surface area contributed by atoms with Gasteiger partial charge in [-0.1, -0.05) is 88.6 Å². The van der Waals surface area contributed by atoms with Crippen LogP contribution in [0.15, 0.2) is 66.9 Å². The summed E-state index contributed by atoms with van der Waals surface area (Å²) >= 11 is 2.75. The number of unbranched alkanes of at least 4 members (excludes halogenated alkanes) is 1. The van der Waals surface area contributed by atoms with Crippen LogP contribution in [-0.4, -0.2) is 47.2 Å². The third kappa shape index (κ3) is 7.82. The summed E-state index contributed by atoms with van der Waals surface area (Å²) in [4.78, 5) is 24.6. The molecule has 39 heavy (non-hydrogen) atoms. The second-order valence-electron chi connectivity index (χ2n) is 8.64. The molecule has 198 valence electrons. The zero-order valence-corrected chi connectivity index (χ0v) is 22.5. The number of nitrogens with zero attached hydrogens (tertiary/aromatic N) is 7. The van der Waals surface area contributed by atoms with E-state index >= 15 is 0 Å². The highest BCUT2D eigenvalue weighted by molar-refractivity contribution is 7.15. The van der Waals surface area contributed by atoms with E-state index in [1.165, 1.54) is 27.4 Å². The number of aryl methyl sites for hydroxylation is 2. The van der Waals surface area contributed by atoms with Crippen LogP contribution < -0.4 is 10.6 Å². The predicted molar refractivity (Wildman–Crippen MR) is 149 cm³/mol. The zero-order valence-electron chi connectivity index (χ0n) is 20.9. The van der Waals surface area contributed by atoms with Crippen molar-refractivity contribution in [1.82, 2.24) is 35.4 Å². The van der Waals surface area contributed by atoms with Crippen LogP contribution in [0.4, 0.5) is 10.3 Å². The van der Waals surface area contributed by atoms with E-state index in [1.54, 1.807) is 6.20 Å². The normalized spacial score (nSPS) is 10.9. The van der Waals surface area contributed by atoms with Crippen LogP contribution in [-0.2, 0) is 35.4 Å². The van der Waals surface area contributed by atoms with Crippen molar-refractivity contribution in [3.8, 4) is 11.3 Å². The number of rotatable bonds is 12. The monoisotopic (exact) mass is 559 g/mol. The van der Waals surface area contributed by atoms with Crippen molar-refractivity contribution in [2.75, 3.05) is 10.6 Å². The average Bonchev–Trinajstić information content (AvgIpc) is 3.70. The van der Waals surface area contributed by atoms with Crippen LogP contribution in [0.1, 0.15) is 28.4 Å². The molecular formula is C26H25N9O2S2. The van der Waals surface area contributed by atoms with Gasteiger partial charge in [-0.2, -0.15) is 0 Å². The van der Waals surface area contributed by atoms with Crippen LogP contribution in [0.25, 0.3) is 11.3 Å². The van der Waals surface area contributed by atoms with E-state index in [0.717, 1.165) is 46.8 Å². The minimum Gasteiger partial charge on any atom is -0.300 e. The molecule has 5 rings (SSSR count). The summed E-state index contributed by atoms with van der Waals surface area (Å²) in [5.74, 6) is -0.355. The molecule has 11 nitrogen and oxygen atoms in total. The highest BCUT2D eigenvalue weighted by Gasteiger charge is 2.12. The Kier molecular flexibility index (Phi) is 8.71. The summed E-state index contributed by atoms with van der Waals surface area (Å²) in [5.41, 5.74) is 2.60. The molecule has 0 atom stereocenters. The third-order valence-electron chi connectivity index (χ3n) is 5.58. The summed E-state index contributed by atoms with van der Waals surface area (Å²) in [7, 11) is 0. The number of amides is 2. The third-order valence-corrected chi connectivity index (χ3v) is 7.38. The first-order valence-corrected chi connectivity index (χ1v) is 14.0. The topological polar surface area (TPSA) is 140 Å². The van der Waals surface area contributed by atoms with Gasteiger partial charge in [0, 0.05) is 18.4 Å². The van der Waals surface area contributed by atoms with Crippen molar-refractivity contribution in [2.45, 2.75) is 38.6 Å². The molecule has 0 aliphatic rings. The largest absolute Gasteiger partial charge is 0.300 e. The van der Waals surface area contributed by atoms with E-state index in [4.69, 9.17) is 0 Å². The van der Waals surface area contributed by atoms with Gasteiger partial charge in [-0.15, -0.1) is 25.5 Å². The van der Waals surface area contributed by atoms with E-state index in [0.29, 0.717) is 22.4 Å². The Labute approximate surface area is 232 Å². The molecule has 13 heteroatoms. The standard InChI is InChI=1S/C26H25N9O2S2/c36-21(15-18-9-3-1-4-10-18)27-25-32-30-23(38-25)13-7-8-14-24-31-33-26(39-24)28-22(37)17-35-16-20(29-34-35)19-11-5-2-6-12-19/h1-6,9-12,16H,7-8,13-15,17H2,(H,27,32,36)(H,28,33,37). The first-order valence-electron chi connectivity index (χ1n) is 12.3. The Morgan fingerprint density at radius 2 is 1.31 bits per heavy atom. The number of benzene rings is 2. The van der Waals surface area contributed by atoms with Crippen LogP contribution in [0.5, 0.6) is 0 Å². The van der Waals surface area contributed by atoms with Gasteiger partial charge in [0.05, 0.1) is 12.6 Å². The van der Waals surface area contributed by atoms with E-state index in [2.05, 4.69) is 41.3 Å². The Hall–Kier alpha value is -4.36. The van der Waals surface area contributed by atoms with Crippen LogP contribution >= 0.6 is 22.7 Å². The zero-order chi connectivity index (χ0) is 26.9. The fourth-order valence-corrected chi connectivity index (χ4v) is 5.33. The molecule has 0 saturated carbocycles. The van der Waals surface area contributed by atoms with E-state index in [9.17, 15) is 9.59 Å². The number of aromatic nitrogens is 7. The highest BCUT2D eigenvalue weighted by Crippen LogP contribution is 2.21. The van der Waals surface area contributed by atoms with Crippen LogP contribution in [0.3, 0.4) is 0 Å². The molecular weight excluding hydrogens is 534 g/mol. The number of anilines is 2. The second-order valence-corrected chi connectivity index (χ2v) is 10.8. The molecule has 0 fully saturated rings. The van der Waals surface area contributed by atoms with Crippen molar-refractivity contribution >= 4 is 44.8 Å². The van der Waals surface area contributed by atoms with Gasteiger partial charge in [0.1, 0.15) is 22.3 Å². The Morgan fingerprint density at radius 1 is 0.718 bits per heavy atom. The average molecular weight is 560 g/mol. The summed E-state index contributed by atoms with van der Waals surface area (Å²) < 4.78 is 1.49. The van der Waals surface area contributed by atoms with Gasteiger partial charge in [0.25, 0.3) is 0 Å². The molecule has 0 radical (unpaired) electrons. The number of hydrogen-bond acceptors (Lipinski definition) is 10. The van der Waals surface area contributed by atoms with Crippen molar-refractivity contribution in [3.63, 3.8) is 0 Å². The predicted octanol–water partition coefficient (Wildman–Crippen LogP) is 4.03. The molecule has 0 aliphatic heterocycles. The van der Waals surface area contributed by atoms with Gasteiger partial charge in [0.2, 0.25) is 22.1 Å². The molecule has 0 aliphatic carbocycles. The molecule has 0 unspecified atom stereocenters. The maximum absolute atomic E-state index is 12.4. The number of nitrogens with one attached hydrogen (secondary N) is 2. The molecule has 2 aromatic carbocycles. The van der Waals surface area contributed by atoms with Crippen LogP contribution in [0, 0.1) is 0 Å². The highest BCUT2D eigenvalue weighted by atomic mass is 32.1. The summed E-state index contributed by atoms with van der Waals surface area (Å²) in [6.45, 7) is 0.0330. The van der Waals surface area contributed by atoms with E-state index in [-0.39, 0.29) is 18.4 Å². The molecule has 2 N–H and O–H groups in total. The molecule has 0 bridgehead atoms. The maximum Gasteiger partial charge on any atom is 0.247 e. The maximum atomic E-state index is 12.4. The molecule has 0 spiro atoms. The quantitative estimate of drug-likeness (QED) is 0.218. The Bertz CT molecular complexity index is 1520.